The Morgan fingerprint density at radius 3 is 2.40 bits per heavy atom. The van der Waals surface area contributed by atoms with Crippen molar-refractivity contribution >= 4 is 22.9 Å². The molecule has 1 aromatic rings. The molecule has 0 spiro atoms. The molecule has 0 aromatic heterocycles. The van der Waals surface area contributed by atoms with Crippen molar-refractivity contribution in [3.8, 4) is 0 Å². The van der Waals surface area contributed by atoms with Gasteiger partial charge in [-0.3, -0.25) is 0 Å². The van der Waals surface area contributed by atoms with Gasteiger partial charge >= 0.3 is 0 Å². The number of halogens is 4. The summed E-state index contributed by atoms with van der Waals surface area (Å²) in [7, 11) is 0. The van der Waals surface area contributed by atoms with E-state index in [0.29, 0.717) is 0 Å². The fourth-order valence-electron chi connectivity index (χ4n) is 1.21. The summed E-state index contributed by atoms with van der Waals surface area (Å²) in [5.41, 5.74) is -0.400. The van der Waals surface area contributed by atoms with Gasteiger partial charge in [-0.15, -0.1) is 6.58 Å². The van der Waals surface area contributed by atoms with Gasteiger partial charge in [-0.25, -0.2) is 16.7 Å². The number of hydrogen-bond donors (Lipinski definition) is 1. The van der Waals surface area contributed by atoms with Crippen LogP contribution in [0.15, 0.2) is 30.9 Å². The predicted molar refractivity (Wildman–Crippen MR) is 61.5 cm³/mol. The second kappa shape index (κ2) is 5.50. The lowest BCUT2D eigenvalue weighted by molar-refractivity contribution is 0.146. The Morgan fingerprint density at radius 2 is 1.93 bits per heavy atom. The summed E-state index contributed by atoms with van der Waals surface area (Å²) < 4.78 is 41.1. The van der Waals surface area contributed by atoms with Crippen molar-refractivity contribution in [3.63, 3.8) is 0 Å². The molecule has 0 bridgehead atoms. The monoisotopic (exact) mass is 327 g/mol. The summed E-state index contributed by atoms with van der Waals surface area (Å²) in [5.74, 6) is -0.874. The van der Waals surface area contributed by atoms with Gasteiger partial charge in [-0.05, 0) is 0 Å². The van der Waals surface area contributed by atoms with Gasteiger partial charge in [0.05, 0.1) is 11.6 Å². The van der Waals surface area contributed by atoms with E-state index in [4.69, 9.17) is 0 Å². The van der Waals surface area contributed by atoms with Gasteiger partial charge in [-0.1, -0.05) is 24.3 Å². The molecule has 1 aromatic carbocycles. The van der Waals surface area contributed by atoms with Crippen LogP contribution in [0.3, 0.4) is 0 Å². The largest absolute Gasteiger partial charge is 0.266 e. The van der Waals surface area contributed by atoms with E-state index in [1.807, 2.05) is 22.9 Å². The minimum atomic E-state index is -2.80. The molecular weight excluding hydrogens is 318 g/mol. The molecule has 0 unspecified atom stereocenters. The minimum absolute atomic E-state index is 0.178. The molecule has 0 radical (unpaired) electrons. The van der Waals surface area contributed by atoms with Crippen LogP contribution in [0.25, 0.3) is 0 Å². The quantitative estimate of drug-likeness (QED) is 0.502. The first-order chi connectivity index (χ1) is 7.11. The zero-order valence-electron chi connectivity index (χ0n) is 7.68. The molecule has 1 atom stereocenters. The highest BCUT2D eigenvalue weighted by Gasteiger charge is 2.19. The third kappa shape index (κ3) is 2.72. The Kier molecular flexibility index (Phi) is 4.59. The van der Waals surface area contributed by atoms with Gasteiger partial charge < -0.3 is 0 Å². The number of rotatable bonds is 4. The Morgan fingerprint density at radius 1 is 1.33 bits per heavy atom. The summed E-state index contributed by atoms with van der Waals surface area (Å²) in [4.78, 5) is 0. The molecule has 1 rings (SSSR count). The Hall–Kier alpha value is -0.560. The number of benzene rings is 1. The van der Waals surface area contributed by atoms with Crippen molar-refractivity contribution in [2.24, 2.45) is 0 Å². The van der Waals surface area contributed by atoms with Crippen molar-refractivity contribution in [2.75, 3.05) is 0 Å². The highest BCUT2D eigenvalue weighted by Crippen LogP contribution is 2.27. The van der Waals surface area contributed by atoms with E-state index >= 15 is 0 Å². The molecule has 0 saturated heterocycles. The van der Waals surface area contributed by atoms with Crippen molar-refractivity contribution in [1.29, 1.82) is 0 Å². The summed E-state index contributed by atoms with van der Waals surface area (Å²) >= 11 is 1.82. The van der Waals surface area contributed by atoms with Crippen LogP contribution in [0.5, 0.6) is 0 Å². The lowest BCUT2D eigenvalue weighted by Crippen LogP contribution is -2.10. The lowest BCUT2D eigenvalue weighted by atomic mass is 10.0. The zero-order chi connectivity index (χ0) is 11.4. The maximum atomic E-state index is 13.6. The average molecular weight is 327 g/mol. The topological polar surface area (TPSA) is 12.0 Å². The van der Waals surface area contributed by atoms with E-state index in [2.05, 4.69) is 10.1 Å². The molecule has 0 amide bonds. The summed E-state index contributed by atoms with van der Waals surface area (Å²) in [5, 5.41) is 0. The lowest BCUT2D eigenvalue weighted by Gasteiger charge is -2.13. The Bertz CT molecular complexity index is 355. The average Bonchev–Trinajstić information content (AvgIpc) is 2.21. The fraction of sp³-hybridized carbons (Fsp3) is 0.200. The molecule has 0 saturated carbocycles. The summed E-state index contributed by atoms with van der Waals surface area (Å²) in [6, 6.07) is 3.48. The smallest absolute Gasteiger partial charge is 0.250 e. The molecule has 0 aliphatic carbocycles. The van der Waals surface area contributed by atoms with Crippen LogP contribution in [0.4, 0.5) is 13.2 Å². The molecule has 0 aliphatic rings. The first-order valence-electron chi connectivity index (χ1n) is 4.17. The summed E-state index contributed by atoms with van der Waals surface area (Å²) in [6.45, 7) is 3.50. The van der Waals surface area contributed by atoms with E-state index in [1.54, 1.807) is 0 Å². The van der Waals surface area contributed by atoms with Crippen LogP contribution >= 0.6 is 22.9 Å². The molecule has 0 aliphatic heterocycles. The first-order valence-corrected chi connectivity index (χ1v) is 5.24. The highest BCUT2D eigenvalue weighted by atomic mass is 127. The molecular formula is C10H9F3IN. The van der Waals surface area contributed by atoms with Crippen LogP contribution in [0.1, 0.15) is 23.6 Å². The predicted octanol–water partition coefficient (Wildman–Crippen LogP) is 3.93. The highest BCUT2D eigenvalue weighted by molar-refractivity contribution is 14.1. The second-order valence-corrected chi connectivity index (χ2v) is 3.50. The molecule has 1 nitrogen and oxygen atoms in total. The van der Waals surface area contributed by atoms with Gasteiger partial charge in [-0.2, -0.15) is 0 Å². The van der Waals surface area contributed by atoms with Crippen LogP contribution in [0.2, 0.25) is 0 Å². The molecule has 15 heavy (non-hydrogen) atoms. The number of alkyl halides is 2. The van der Waals surface area contributed by atoms with Gasteiger partial charge in [0, 0.05) is 28.4 Å². The fourth-order valence-corrected chi connectivity index (χ4v) is 1.80. The van der Waals surface area contributed by atoms with Crippen LogP contribution < -0.4 is 3.53 Å². The zero-order valence-corrected chi connectivity index (χ0v) is 9.84. The second-order valence-electron chi connectivity index (χ2n) is 2.87. The molecule has 82 valence electrons. The molecule has 5 heteroatoms. The van der Waals surface area contributed by atoms with Crippen molar-refractivity contribution in [1.82, 2.24) is 3.53 Å². The molecule has 0 fully saturated rings. The van der Waals surface area contributed by atoms with Gasteiger partial charge in [0.1, 0.15) is 5.82 Å². The maximum absolute atomic E-state index is 13.6. The third-order valence-corrected chi connectivity index (χ3v) is 2.65. The Balaban J connectivity index is 3.19. The van der Waals surface area contributed by atoms with E-state index in [-0.39, 0.29) is 5.56 Å². The number of nitrogens with one attached hydrogen (secondary N) is 1. The molecule has 1 N–H and O–H groups in total. The van der Waals surface area contributed by atoms with E-state index in [9.17, 15) is 13.2 Å². The number of hydrogen-bond acceptors (Lipinski definition) is 1. The van der Waals surface area contributed by atoms with E-state index < -0.39 is 23.8 Å². The van der Waals surface area contributed by atoms with Gasteiger partial charge in [0.2, 0.25) is 0 Å². The summed E-state index contributed by atoms with van der Waals surface area (Å²) in [6.07, 6.45) is -1.34. The third-order valence-electron chi connectivity index (χ3n) is 1.98. The van der Waals surface area contributed by atoms with Crippen molar-refractivity contribution in [3.05, 3.63) is 47.8 Å². The first kappa shape index (κ1) is 12.5. The molecule has 0 heterocycles. The van der Waals surface area contributed by atoms with Crippen LogP contribution in [-0.2, 0) is 0 Å². The minimum Gasteiger partial charge on any atom is -0.250 e. The van der Waals surface area contributed by atoms with Crippen molar-refractivity contribution in [2.45, 2.75) is 12.5 Å². The van der Waals surface area contributed by atoms with Crippen LogP contribution in [0, 0.1) is 5.82 Å². The van der Waals surface area contributed by atoms with Crippen molar-refractivity contribution < 1.29 is 13.2 Å². The standard InChI is InChI=1S/C10H9F3IN/c1-2-8(15-14)6-4-3-5-7(9(6)11)10(12)13/h2-5,8,10,15H,1H2/t8-/m1/s1. The Labute approximate surface area is 99.9 Å². The maximum Gasteiger partial charge on any atom is 0.266 e. The van der Waals surface area contributed by atoms with Gasteiger partial charge in [0.15, 0.2) is 0 Å². The van der Waals surface area contributed by atoms with E-state index in [0.717, 1.165) is 6.07 Å². The SMILES string of the molecule is C=C[C@@H](NI)c1cccc(C(F)F)c1F. The normalized spacial score (nSPS) is 12.9. The van der Waals surface area contributed by atoms with Crippen LogP contribution in [-0.4, -0.2) is 0 Å². The van der Waals surface area contributed by atoms with Gasteiger partial charge in [0.25, 0.3) is 6.43 Å². The van der Waals surface area contributed by atoms with E-state index in [1.165, 1.54) is 18.2 Å².